The van der Waals surface area contributed by atoms with Crippen molar-refractivity contribution in [2.24, 2.45) is 16.8 Å². The minimum atomic E-state index is -0.877. The van der Waals surface area contributed by atoms with Gasteiger partial charge >= 0.3 is 6.16 Å². The zero-order chi connectivity index (χ0) is 30.5. The Kier molecular flexibility index (Phi) is 13.2. The highest BCUT2D eigenvalue weighted by Crippen LogP contribution is 2.22. The monoisotopic (exact) mass is 611 g/mol. The Morgan fingerprint density at radius 1 is 1.02 bits per heavy atom. The Morgan fingerprint density at radius 2 is 1.79 bits per heavy atom. The maximum atomic E-state index is 12.9. The zero-order valence-corrected chi connectivity index (χ0v) is 26.0. The molecule has 3 aromatic rings. The number of carbonyl (C=O) groups is 1. The number of halogens is 2. The van der Waals surface area contributed by atoms with Crippen molar-refractivity contribution < 1.29 is 14.4 Å². The van der Waals surface area contributed by atoms with Crippen LogP contribution in [0.25, 0.3) is 12.2 Å². The van der Waals surface area contributed by atoms with Crippen molar-refractivity contribution in [1.82, 2.24) is 4.57 Å². The number of rotatable bonds is 14. The first kappa shape index (κ1) is 33.0. The first-order valence-corrected chi connectivity index (χ1v) is 15.1. The van der Waals surface area contributed by atoms with Crippen molar-refractivity contribution in [2.75, 3.05) is 6.61 Å². The molecule has 7 nitrogen and oxygen atoms in total. The van der Waals surface area contributed by atoms with Gasteiger partial charge in [-0.3, -0.25) is 9.63 Å². The summed E-state index contributed by atoms with van der Waals surface area (Å²) in [5.74, 6) is 0.351. The van der Waals surface area contributed by atoms with Crippen LogP contribution in [0.3, 0.4) is 0 Å². The van der Waals surface area contributed by atoms with Crippen molar-refractivity contribution in [3.05, 3.63) is 103 Å². The van der Waals surface area contributed by atoms with Gasteiger partial charge in [0.25, 0.3) is 5.56 Å². The molecule has 2 N–H and O–H groups in total. The van der Waals surface area contributed by atoms with Gasteiger partial charge in [-0.2, -0.15) is 0 Å². The molecule has 0 radical (unpaired) electrons. The van der Waals surface area contributed by atoms with E-state index in [9.17, 15) is 9.59 Å². The molecule has 0 bridgehead atoms. The molecule has 2 aromatic carbocycles. The zero-order valence-electron chi connectivity index (χ0n) is 24.4. The van der Waals surface area contributed by atoms with E-state index in [1.807, 2.05) is 36.4 Å². The van der Waals surface area contributed by atoms with Crippen molar-refractivity contribution in [2.45, 2.75) is 65.8 Å². The van der Waals surface area contributed by atoms with E-state index >= 15 is 0 Å². The third kappa shape index (κ3) is 9.78. The molecule has 1 unspecified atom stereocenters. The number of aromatic nitrogens is 1. The summed E-state index contributed by atoms with van der Waals surface area (Å²) in [5.41, 5.74) is 10.1. The van der Waals surface area contributed by atoms with Gasteiger partial charge in [-0.15, -0.1) is 0 Å². The Morgan fingerprint density at radius 3 is 2.48 bits per heavy atom. The summed E-state index contributed by atoms with van der Waals surface area (Å²) in [5, 5.41) is 4.18. The fraction of sp³-hybridized carbons (Fsp3) is 0.364. The van der Waals surface area contributed by atoms with Gasteiger partial charge in [0.15, 0.2) is 5.84 Å². The van der Waals surface area contributed by atoms with Crippen molar-refractivity contribution in [1.29, 1.82) is 0 Å². The number of unbranched alkanes of at least 4 members (excludes halogenated alkanes) is 1. The number of benzene rings is 2. The standard InChI is InChI=1S/C33H39Cl2N3O4/c1-4-7-9-24(6-3)22-41-33(40)42-37-31(36)27-15-12-25(13-16-27)18-19-38-30(28(34)21-29(35)32(38)39)17-14-26-11-8-10-23(5-2)20-26/h8,10-17,20-21,24H,4-7,9,18-19,22H2,1-3H3,(H2,36,37)/b17-14+. The highest BCUT2D eigenvalue weighted by atomic mass is 35.5. The van der Waals surface area contributed by atoms with Crippen LogP contribution in [0.2, 0.25) is 10.0 Å². The number of pyridine rings is 1. The van der Waals surface area contributed by atoms with Gasteiger partial charge in [-0.1, -0.05) is 123 Å². The van der Waals surface area contributed by atoms with Crippen LogP contribution in [0.15, 0.2) is 64.5 Å². The lowest BCUT2D eigenvalue weighted by atomic mass is 10.0. The van der Waals surface area contributed by atoms with E-state index < -0.39 is 6.16 Å². The van der Waals surface area contributed by atoms with Gasteiger partial charge in [-0.05, 0) is 54.0 Å². The number of amidine groups is 1. The van der Waals surface area contributed by atoms with Gasteiger partial charge in [0.1, 0.15) is 5.02 Å². The molecular weight excluding hydrogens is 573 g/mol. The highest BCUT2D eigenvalue weighted by Gasteiger charge is 2.13. The lowest BCUT2D eigenvalue weighted by molar-refractivity contribution is 0.0443. The maximum absolute atomic E-state index is 12.9. The summed E-state index contributed by atoms with van der Waals surface area (Å²) < 4.78 is 6.77. The Labute approximate surface area is 257 Å². The molecule has 9 heteroatoms. The molecule has 0 saturated carbocycles. The van der Waals surface area contributed by atoms with E-state index in [0.717, 1.165) is 43.2 Å². The van der Waals surface area contributed by atoms with E-state index in [2.05, 4.69) is 38.1 Å². The number of carbonyl (C=O) groups excluding carboxylic acids is 1. The highest BCUT2D eigenvalue weighted by molar-refractivity contribution is 6.35. The maximum Gasteiger partial charge on any atom is 0.535 e. The molecule has 0 aliphatic rings. The van der Waals surface area contributed by atoms with Gasteiger partial charge in [0.2, 0.25) is 0 Å². The third-order valence-electron chi connectivity index (χ3n) is 7.10. The number of oxime groups is 1. The molecule has 0 saturated heterocycles. The lowest BCUT2D eigenvalue weighted by Crippen LogP contribution is -2.24. The quantitative estimate of drug-likeness (QED) is 0.0652. The molecule has 0 aliphatic heterocycles. The number of nitrogens with two attached hydrogens (primary N) is 1. The fourth-order valence-electron chi connectivity index (χ4n) is 4.43. The summed E-state index contributed by atoms with van der Waals surface area (Å²) in [6, 6.07) is 17.0. The summed E-state index contributed by atoms with van der Waals surface area (Å²) >= 11 is 12.7. The number of nitrogens with zero attached hydrogens (tertiary/aromatic N) is 2. The minimum absolute atomic E-state index is 0.0499. The lowest BCUT2D eigenvalue weighted by Gasteiger charge is -2.13. The molecule has 224 valence electrons. The number of hydrogen-bond acceptors (Lipinski definition) is 5. The van der Waals surface area contributed by atoms with Crippen LogP contribution >= 0.6 is 23.2 Å². The largest absolute Gasteiger partial charge is 0.535 e. The number of hydrogen-bond donors (Lipinski definition) is 1. The van der Waals surface area contributed by atoms with Gasteiger partial charge in [0.05, 0.1) is 17.3 Å². The number of aryl methyl sites for hydroxylation is 2. The van der Waals surface area contributed by atoms with E-state index in [-0.39, 0.29) is 16.4 Å². The molecule has 0 fully saturated rings. The van der Waals surface area contributed by atoms with E-state index in [0.29, 0.717) is 41.8 Å². The van der Waals surface area contributed by atoms with Crippen molar-refractivity contribution >= 4 is 47.3 Å². The second-order valence-corrected chi connectivity index (χ2v) is 10.9. The topological polar surface area (TPSA) is 95.9 Å². The average molecular weight is 613 g/mol. The normalized spacial score (nSPS) is 12.5. The van der Waals surface area contributed by atoms with E-state index in [1.165, 1.54) is 11.6 Å². The molecule has 3 rings (SSSR count). The molecular formula is C33H39Cl2N3O4. The minimum Gasteiger partial charge on any atom is -0.432 e. The van der Waals surface area contributed by atoms with Crippen LogP contribution < -0.4 is 11.3 Å². The summed E-state index contributed by atoms with van der Waals surface area (Å²) in [6.45, 7) is 6.96. The van der Waals surface area contributed by atoms with Gasteiger partial charge in [-0.25, -0.2) is 4.79 Å². The number of ether oxygens (including phenoxy) is 1. The summed E-state index contributed by atoms with van der Waals surface area (Å²) in [6.07, 6.45) is 8.49. The van der Waals surface area contributed by atoms with Crippen LogP contribution in [0, 0.1) is 5.92 Å². The average Bonchev–Trinajstić information content (AvgIpc) is 3.00. The Balaban J connectivity index is 1.65. The van der Waals surface area contributed by atoms with Crippen LogP contribution in [0.1, 0.15) is 74.4 Å². The van der Waals surface area contributed by atoms with Gasteiger partial charge in [0, 0.05) is 12.1 Å². The smallest absolute Gasteiger partial charge is 0.432 e. The van der Waals surface area contributed by atoms with Gasteiger partial charge < -0.3 is 15.0 Å². The SMILES string of the molecule is CCCCC(CC)COC(=O)O/N=C(\N)c1ccc(CCn2c(/C=C/c3cccc(CC)c3)c(Cl)cc(Cl)c2=O)cc1. The second-order valence-electron chi connectivity index (χ2n) is 10.1. The summed E-state index contributed by atoms with van der Waals surface area (Å²) in [7, 11) is 0. The van der Waals surface area contributed by atoms with Crippen LogP contribution in [0.5, 0.6) is 0 Å². The Hall–Kier alpha value is -3.55. The Bertz CT molecular complexity index is 1450. The van der Waals surface area contributed by atoms with Crippen molar-refractivity contribution in [3.63, 3.8) is 0 Å². The predicted molar refractivity (Wildman–Crippen MR) is 172 cm³/mol. The molecule has 1 aromatic heterocycles. The van der Waals surface area contributed by atoms with E-state index in [4.69, 9.17) is 38.5 Å². The molecule has 1 atom stereocenters. The van der Waals surface area contributed by atoms with E-state index in [1.54, 1.807) is 16.7 Å². The van der Waals surface area contributed by atoms with Crippen molar-refractivity contribution in [3.8, 4) is 0 Å². The fourth-order valence-corrected chi connectivity index (χ4v) is 4.97. The molecule has 0 spiro atoms. The third-order valence-corrected chi connectivity index (χ3v) is 7.68. The van der Waals surface area contributed by atoms with Crippen LogP contribution in [-0.2, 0) is 29.0 Å². The molecule has 1 heterocycles. The first-order valence-electron chi connectivity index (χ1n) is 14.4. The second kappa shape index (κ2) is 16.8. The molecule has 0 aliphatic carbocycles. The molecule has 42 heavy (non-hydrogen) atoms. The van der Waals surface area contributed by atoms with Crippen LogP contribution in [-0.4, -0.2) is 23.2 Å². The first-order chi connectivity index (χ1) is 20.2. The molecule has 0 amide bonds. The predicted octanol–water partition coefficient (Wildman–Crippen LogP) is 8.12. The summed E-state index contributed by atoms with van der Waals surface area (Å²) in [4.78, 5) is 29.7. The van der Waals surface area contributed by atoms with Crippen LogP contribution in [0.4, 0.5) is 4.79 Å².